The molecule has 30 heavy (non-hydrogen) atoms. The first-order chi connectivity index (χ1) is 14.2. The quantitative estimate of drug-likeness (QED) is 0.569. The second-order valence-electron chi connectivity index (χ2n) is 13.0. The van der Waals surface area contributed by atoms with Crippen molar-refractivity contribution in [3.8, 4) is 0 Å². The SMILES string of the molecule is C[C@H]1C[C@H](O)C2[C@@H](C)C3C(CC4C5CC=C6C[C@@H](O)CC[C@]6(C)C5CC[C@@]43C)N2C1. The van der Waals surface area contributed by atoms with Gasteiger partial charge in [-0.1, -0.05) is 39.3 Å². The third-order valence-corrected chi connectivity index (χ3v) is 11.7. The molecule has 6 aliphatic rings. The van der Waals surface area contributed by atoms with Gasteiger partial charge >= 0.3 is 0 Å². The first-order valence-electron chi connectivity index (χ1n) is 13.1. The van der Waals surface area contributed by atoms with Gasteiger partial charge in [0.15, 0.2) is 0 Å². The average molecular weight is 414 g/mol. The van der Waals surface area contributed by atoms with Crippen LogP contribution in [0.1, 0.15) is 79.1 Å². The Morgan fingerprint density at radius 2 is 1.83 bits per heavy atom. The third kappa shape index (κ3) is 2.49. The number of nitrogens with zero attached hydrogens (tertiary/aromatic N) is 1. The molecule has 6 unspecified atom stereocenters. The Bertz CT molecular complexity index is 749. The van der Waals surface area contributed by atoms with Gasteiger partial charge in [-0.2, -0.15) is 0 Å². The Hall–Kier alpha value is -0.380. The number of fused-ring (bicyclic) bond motifs is 9. The highest BCUT2D eigenvalue weighted by atomic mass is 16.3. The van der Waals surface area contributed by atoms with Gasteiger partial charge in [0.05, 0.1) is 12.2 Å². The number of aliphatic hydroxyl groups is 2. The van der Waals surface area contributed by atoms with Crippen molar-refractivity contribution >= 4 is 0 Å². The summed E-state index contributed by atoms with van der Waals surface area (Å²) in [5.74, 6) is 4.50. The molecule has 12 atom stereocenters. The Kier molecular flexibility index (Phi) is 4.44. The smallest absolute Gasteiger partial charge is 0.0701 e. The molecule has 0 amide bonds. The van der Waals surface area contributed by atoms with Crippen LogP contribution in [-0.2, 0) is 0 Å². The van der Waals surface area contributed by atoms with Gasteiger partial charge in [-0.25, -0.2) is 0 Å². The lowest BCUT2D eigenvalue weighted by Crippen LogP contribution is -2.53. The predicted molar refractivity (Wildman–Crippen MR) is 120 cm³/mol. The first-order valence-corrected chi connectivity index (χ1v) is 13.1. The zero-order chi connectivity index (χ0) is 21.0. The maximum Gasteiger partial charge on any atom is 0.0701 e. The summed E-state index contributed by atoms with van der Waals surface area (Å²) in [5.41, 5.74) is 2.37. The predicted octanol–water partition coefficient (Wildman–Crippen LogP) is 4.63. The highest BCUT2D eigenvalue weighted by Crippen LogP contribution is 2.69. The molecule has 3 nitrogen and oxygen atoms in total. The molecule has 0 aromatic carbocycles. The molecule has 168 valence electrons. The Labute approximate surface area is 183 Å². The van der Waals surface area contributed by atoms with Crippen LogP contribution in [-0.4, -0.2) is 45.9 Å². The lowest BCUT2D eigenvalue weighted by atomic mass is 9.47. The summed E-state index contributed by atoms with van der Waals surface area (Å²) < 4.78 is 0. The molecular formula is C27H43NO2. The van der Waals surface area contributed by atoms with Crippen LogP contribution in [0.5, 0.6) is 0 Å². The molecule has 0 bridgehead atoms. The topological polar surface area (TPSA) is 43.7 Å². The molecule has 0 aromatic rings. The van der Waals surface area contributed by atoms with Crippen molar-refractivity contribution in [2.24, 2.45) is 46.3 Å². The van der Waals surface area contributed by atoms with Gasteiger partial charge in [0.25, 0.3) is 0 Å². The van der Waals surface area contributed by atoms with Crippen LogP contribution in [0, 0.1) is 46.3 Å². The molecule has 0 spiro atoms. The number of hydrogen-bond acceptors (Lipinski definition) is 3. The molecule has 2 N–H and O–H groups in total. The molecule has 0 radical (unpaired) electrons. The molecule has 3 saturated carbocycles. The van der Waals surface area contributed by atoms with Gasteiger partial charge in [0.1, 0.15) is 0 Å². The largest absolute Gasteiger partial charge is 0.393 e. The molecule has 2 aliphatic heterocycles. The molecule has 6 rings (SSSR count). The van der Waals surface area contributed by atoms with Gasteiger partial charge in [-0.15, -0.1) is 0 Å². The lowest BCUT2D eigenvalue weighted by Gasteiger charge is -2.58. The molecule has 0 aromatic heterocycles. The fourth-order valence-electron chi connectivity index (χ4n) is 10.5. The Balaban J connectivity index is 1.33. The molecular weight excluding hydrogens is 370 g/mol. The summed E-state index contributed by atoms with van der Waals surface area (Å²) in [7, 11) is 0. The molecule has 4 aliphatic carbocycles. The van der Waals surface area contributed by atoms with Crippen LogP contribution < -0.4 is 0 Å². The van der Waals surface area contributed by atoms with Crippen molar-refractivity contribution in [3.63, 3.8) is 0 Å². The Morgan fingerprint density at radius 3 is 2.63 bits per heavy atom. The number of aliphatic hydroxyl groups excluding tert-OH is 2. The maximum absolute atomic E-state index is 11.0. The van der Waals surface area contributed by atoms with Crippen molar-refractivity contribution in [1.29, 1.82) is 0 Å². The van der Waals surface area contributed by atoms with E-state index in [1.807, 2.05) is 0 Å². The maximum atomic E-state index is 11.0. The van der Waals surface area contributed by atoms with E-state index in [1.165, 1.54) is 38.6 Å². The number of allylic oxidation sites excluding steroid dienone is 1. The summed E-state index contributed by atoms with van der Waals surface area (Å²) in [6.07, 6.45) is 11.8. The fourth-order valence-corrected chi connectivity index (χ4v) is 10.5. The van der Waals surface area contributed by atoms with Crippen molar-refractivity contribution < 1.29 is 10.2 Å². The van der Waals surface area contributed by atoms with Crippen LogP contribution in [0.25, 0.3) is 0 Å². The van der Waals surface area contributed by atoms with Crippen LogP contribution in [0.3, 0.4) is 0 Å². The van der Waals surface area contributed by atoms with Gasteiger partial charge < -0.3 is 10.2 Å². The Morgan fingerprint density at radius 1 is 1.03 bits per heavy atom. The average Bonchev–Trinajstić information content (AvgIpc) is 3.15. The summed E-state index contributed by atoms with van der Waals surface area (Å²) in [6.45, 7) is 11.2. The van der Waals surface area contributed by atoms with E-state index in [4.69, 9.17) is 0 Å². The number of rotatable bonds is 0. The second-order valence-corrected chi connectivity index (χ2v) is 13.0. The fraction of sp³-hybridized carbons (Fsp3) is 0.926. The van der Waals surface area contributed by atoms with Gasteiger partial charge in [0, 0.05) is 18.6 Å². The van der Waals surface area contributed by atoms with Crippen molar-refractivity contribution in [3.05, 3.63) is 11.6 Å². The summed E-state index contributed by atoms with van der Waals surface area (Å²) in [6, 6.07) is 1.10. The highest BCUT2D eigenvalue weighted by molar-refractivity contribution is 5.27. The van der Waals surface area contributed by atoms with Crippen LogP contribution in [0.4, 0.5) is 0 Å². The molecule has 5 fully saturated rings. The van der Waals surface area contributed by atoms with E-state index in [0.717, 1.165) is 42.9 Å². The molecule has 2 saturated heterocycles. The van der Waals surface area contributed by atoms with E-state index < -0.39 is 0 Å². The van der Waals surface area contributed by atoms with E-state index >= 15 is 0 Å². The first kappa shape index (κ1) is 20.2. The van der Waals surface area contributed by atoms with Crippen molar-refractivity contribution in [2.75, 3.05) is 6.54 Å². The normalized spacial score (nSPS) is 60.1. The van der Waals surface area contributed by atoms with Gasteiger partial charge in [-0.3, -0.25) is 4.90 Å². The zero-order valence-corrected chi connectivity index (χ0v) is 19.6. The van der Waals surface area contributed by atoms with Crippen LogP contribution in [0.2, 0.25) is 0 Å². The van der Waals surface area contributed by atoms with E-state index in [2.05, 4.69) is 38.7 Å². The van der Waals surface area contributed by atoms with E-state index in [-0.39, 0.29) is 12.2 Å². The highest BCUT2D eigenvalue weighted by Gasteiger charge is 2.67. The minimum Gasteiger partial charge on any atom is -0.393 e. The van der Waals surface area contributed by atoms with Gasteiger partial charge in [0.2, 0.25) is 0 Å². The number of piperidine rings is 1. The summed E-state index contributed by atoms with van der Waals surface area (Å²) in [4.78, 5) is 2.79. The molecule has 3 heteroatoms. The van der Waals surface area contributed by atoms with Crippen molar-refractivity contribution in [2.45, 2.75) is 103 Å². The standard InChI is InChI=1S/C27H43NO2/c1-15-11-23(30)25-16(2)24-22(28(25)14-15)13-21-19-6-5-17-12-18(29)7-9-26(17,3)20(19)8-10-27(21,24)4/h5,15-16,18-25,29-30H,6-14H2,1-4H3/t15-,16-,18-,19?,20?,21?,22?,23-,24?,25?,26-,27-/m0/s1. The molecule has 2 heterocycles. The minimum atomic E-state index is -0.125. The second kappa shape index (κ2) is 6.58. The van der Waals surface area contributed by atoms with Crippen LogP contribution in [0.15, 0.2) is 11.6 Å². The minimum absolute atomic E-state index is 0.106. The lowest BCUT2D eigenvalue weighted by molar-refractivity contribution is -0.0650. The van der Waals surface area contributed by atoms with E-state index in [9.17, 15) is 10.2 Å². The van der Waals surface area contributed by atoms with E-state index in [0.29, 0.717) is 34.7 Å². The zero-order valence-electron chi connectivity index (χ0n) is 19.6. The third-order valence-electron chi connectivity index (χ3n) is 11.7. The summed E-state index contributed by atoms with van der Waals surface area (Å²) >= 11 is 0. The van der Waals surface area contributed by atoms with Gasteiger partial charge in [-0.05, 0) is 97.7 Å². The monoisotopic (exact) mass is 413 g/mol. The van der Waals surface area contributed by atoms with Crippen LogP contribution >= 0.6 is 0 Å². The summed E-state index contributed by atoms with van der Waals surface area (Å²) in [5, 5.41) is 21.2. The number of hydrogen-bond donors (Lipinski definition) is 2. The van der Waals surface area contributed by atoms with Crippen molar-refractivity contribution in [1.82, 2.24) is 4.90 Å². The van der Waals surface area contributed by atoms with E-state index in [1.54, 1.807) is 5.57 Å².